The Morgan fingerprint density at radius 3 is 2.39 bits per heavy atom. The van der Waals surface area contributed by atoms with E-state index in [4.69, 9.17) is 23.2 Å². The number of piperidine rings is 1. The molecular formula is C19H21Cl2N3O3S. The second-order valence-electron chi connectivity index (χ2n) is 7.19. The van der Waals surface area contributed by atoms with Crippen molar-refractivity contribution in [2.75, 3.05) is 24.5 Å². The van der Waals surface area contributed by atoms with Crippen molar-refractivity contribution in [1.82, 2.24) is 8.87 Å². The molecule has 0 unspecified atom stereocenters. The van der Waals surface area contributed by atoms with Crippen LogP contribution in [0.25, 0.3) is 0 Å². The summed E-state index contributed by atoms with van der Waals surface area (Å²) >= 11 is 12.1. The minimum absolute atomic E-state index is 0.207. The maximum Gasteiger partial charge on any atom is 0.274 e. The lowest BCUT2D eigenvalue weighted by molar-refractivity contribution is 0.0981. The topological polar surface area (TPSA) is 62.6 Å². The van der Waals surface area contributed by atoms with Gasteiger partial charge in [0, 0.05) is 32.4 Å². The predicted molar refractivity (Wildman–Crippen MR) is 110 cm³/mol. The van der Waals surface area contributed by atoms with Gasteiger partial charge in [0.25, 0.3) is 5.91 Å². The van der Waals surface area contributed by atoms with E-state index in [1.807, 2.05) is 0 Å². The summed E-state index contributed by atoms with van der Waals surface area (Å²) in [5, 5.41) is 0.641. The average Bonchev–Trinajstić information content (AvgIpc) is 3.24. The number of benzene rings is 1. The minimum Gasteiger partial charge on any atom is -0.329 e. The van der Waals surface area contributed by atoms with Gasteiger partial charge >= 0.3 is 0 Å². The Balaban J connectivity index is 1.63. The SMILES string of the molecule is Cn1c(C(=O)N2CCc3cc(S(=O)(=O)N4CCCCC4)ccc32)cc(Cl)c1Cl. The summed E-state index contributed by atoms with van der Waals surface area (Å²) in [6.07, 6.45) is 3.47. The van der Waals surface area contributed by atoms with Gasteiger partial charge in [-0.25, -0.2) is 8.42 Å². The molecule has 9 heteroatoms. The molecule has 150 valence electrons. The van der Waals surface area contributed by atoms with Gasteiger partial charge in [0.05, 0.1) is 9.92 Å². The highest BCUT2D eigenvalue weighted by atomic mass is 35.5. The molecule has 28 heavy (non-hydrogen) atoms. The molecule has 3 heterocycles. The van der Waals surface area contributed by atoms with Crippen LogP contribution in [0.15, 0.2) is 29.2 Å². The molecule has 0 saturated carbocycles. The van der Waals surface area contributed by atoms with Crippen molar-refractivity contribution >= 4 is 44.8 Å². The first-order valence-electron chi connectivity index (χ1n) is 9.26. The zero-order valence-electron chi connectivity index (χ0n) is 15.5. The lowest BCUT2D eigenvalue weighted by atomic mass is 10.2. The highest BCUT2D eigenvalue weighted by Crippen LogP contribution is 2.34. The molecule has 1 fully saturated rings. The third kappa shape index (κ3) is 3.24. The summed E-state index contributed by atoms with van der Waals surface area (Å²) in [5.74, 6) is -0.207. The monoisotopic (exact) mass is 441 g/mol. The Hall–Kier alpha value is -1.54. The third-order valence-corrected chi connectivity index (χ3v) is 8.22. The molecule has 1 aromatic carbocycles. The van der Waals surface area contributed by atoms with Crippen molar-refractivity contribution in [2.45, 2.75) is 30.6 Å². The number of rotatable bonds is 3. The van der Waals surface area contributed by atoms with Crippen molar-refractivity contribution in [2.24, 2.45) is 7.05 Å². The number of carbonyl (C=O) groups is 1. The molecule has 1 aromatic heterocycles. The molecular weight excluding hydrogens is 421 g/mol. The van der Waals surface area contributed by atoms with Crippen LogP contribution in [0, 0.1) is 0 Å². The van der Waals surface area contributed by atoms with E-state index in [0.717, 1.165) is 30.5 Å². The number of amides is 1. The highest BCUT2D eigenvalue weighted by molar-refractivity contribution is 7.89. The first-order chi connectivity index (χ1) is 13.3. The Kier molecular flexibility index (Phi) is 5.20. The van der Waals surface area contributed by atoms with Crippen molar-refractivity contribution in [3.8, 4) is 0 Å². The molecule has 0 bridgehead atoms. The average molecular weight is 442 g/mol. The van der Waals surface area contributed by atoms with Gasteiger partial charge in [-0.2, -0.15) is 4.31 Å². The van der Waals surface area contributed by atoms with Gasteiger partial charge in [-0.05, 0) is 49.1 Å². The van der Waals surface area contributed by atoms with Crippen LogP contribution in [0.1, 0.15) is 35.3 Å². The molecule has 2 aliphatic heterocycles. The van der Waals surface area contributed by atoms with E-state index in [-0.39, 0.29) is 5.91 Å². The summed E-state index contributed by atoms with van der Waals surface area (Å²) in [6.45, 7) is 1.62. The second-order valence-corrected chi connectivity index (χ2v) is 9.89. The first-order valence-corrected chi connectivity index (χ1v) is 11.5. The molecule has 2 aliphatic rings. The standard InChI is InChI=1S/C19H21Cl2N3O3S/c1-22-17(12-15(20)18(22)21)19(25)24-10-7-13-11-14(5-6-16(13)24)28(26,27)23-8-3-2-4-9-23/h5-6,11-12H,2-4,7-10H2,1H3. The summed E-state index contributed by atoms with van der Waals surface area (Å²) in [5.41, 5.74) is 1.99. The first kappa shape index (κ1) is 19.8. The quantitative estimate of drug-likeness (QED) is 0.728. The normalized spacial score (nSPS) is 17.8. The van der Waals surface area contributed by atoms with Gasteiger partial charge in [0.2, 0.25) is 10.0 Å². The van der Waals surface area contributed by atoms with Crippen LogP contribution >= 0.6 is 23.2 Å². The molecule has 0 spiro atoms. The Morgan fingerprint density at radius 2 is 1.75 bits per heavy atom. The van der Waals surface area contributed by atoms with E-state index in [9.17, 15) is 13.2 Å². The molecule has 1 saturated heterocycles. The van der Waals surface area contributed by atoms with E-state index in [0.29, 0.717) is 46.8 Å². The molecule has 0 atom stereocenters. The van der Waals surface area contributed by atoms with E-state index >= 15 is 0 Å². The zero-order valence-corrected chi connectivity index (χ0v) is 17.8. The summed E-state index contributed by atoms with van der Waals surface area (Å²) in [6, 6.07) is 6.58. The van der Waals surface area contributed by atoms with Crippen molar-refractivity contribution in [3.63, 3.8) is 0 Å². The van der Waals surface area contributed by atoms with E-state index in [1.54, 1.807) is 45.1 Å². The second kappa shape index (κ2) is 7.37. The number of fused-ring (bicyclic) bond motifs is 1. The van der Waals surface area contributed by atoms with Crippen LogP contribution in [-0.4, -0.2) is 42.8 Å². The van der Waals surface area contributed by atoms with Gasteiger partial charge in [0.15, 0.2) is 0 Å². The van der Waals surface area contributed by atoms with E-state index in [2.05, 4.69) is 0 Å². The lowest BCUT2D eigenvalue weighted by Gasteiger charge is -2.26. The number of hydrogen-bond donors (Lipinski definition) is 0. The summed E-state index contributed by atoms with van der Waals surface area (Å²) in [7, 11) is -1.80. The number of nitrogens with zero attached hydrogens (tertiary/aromatic N) is 3. The highest BCUT2D eigenvalue weighted by Gasteiger charge is 2.31. The molecule has 6 nitrogen and oxygen atoms in total. The molecule has 0 radical (unpaired) electrons. The largest absolute Gasteiger partial charge is 0.329 e. The Bertz CT molecular complexity index is 1040. The van der Waals surface area contributed by atoms with E-state index in [1.165, 1.54) is 0 Å². The van der Waals surface area contributed by atoms with Crippen molar-refractivity contribution in [1.29, 1.82) is 0 Å². The van der Waals surface area contributed by atoms with Crippen LogP contribution < -0.4 is 4.90 Å². The van der Waals surface area contributed by atoms with Crippen LogP contribution in [0.4, 0.5) is 5.69 Å². The third-order valence-electron chi connectivity index (χ3n) is 5.48. The van der Waals surface area contributed by atoms with Gasteiger partial charge in [-0.1, -0.05) is 29.6 Å². The Morgan fingerprint density at radius 1 is 1.04 bits per heavy atom. The fourth-order valence-corrected chi connectivity index (χ4v) is 5.83. The maximum absolute atomic E-state index is 13.0. The molecule has 0 N–H and O–H groups in total. The molecule has 0 aliphatic carbocycles. The molecule has 4 rings (SSSR count). The number of aromatic nitrogens is 1. The van der Waals surface area contributed by atoms with Crippen LogP contribution in [0.3, 0.4) is 0 Å². The number of sulfonamides is 1. The number of hydrogen-bond acceptors (Lipinski definition) is 3. The van der Waals surface area contributed by atoms with Crippen molar-refractivity contribution in [3.05, 3.63) is 45.7 Å². The number of carbonyl (C=O) groups excluding carboxylic acids is 1. The van der Waals surface area contributed by atoms with Gasteiger partial charge < -0.3 is 9.47 Å². The van der Waals surface area contributed by atoms with Gasteiger partial charge in [-0.3, -0.25) is 4.79 Å². The Labute approximate surface area is 174 Å². The van der Waals surface area contributed by atoms with Crippen LogP contribution in [0.5, 0.6) is 0 Å². The molecule has 2 aromatic rings. The smallest absolute Gasteiger partial charge is 0.274 e. The van der Waals surface area contributed by atoms with Crippen molar-refractivity contribution < 1.29 is 13.2 Å². The number of anilines is 1. The van der Waals surface area contributed by atoms with Gasteiger partial charge in [0.1, 0.15) is 10.8 Å². The van der Waals surface area contributed by atoms with Crippen LogP contribution in [0.2, 0.25) is 10.2 Å². The lowest BCUT2D eigenvalue weighted by Crippen LogP contribution is -2.35. The minimum atomic E-state index is -3.49. The zero-order chi connectivity index (χ0) is 20.1. The maximum atomic E-state index is 13.0. The van der Waals surface area contributed by atoms with E-state index < -0.39 is 10.0 Å². The van der Waals surface area contributed by atoms with Gasteiger partial charge in [-0.15, -0.1) is 0 Å². The van der Waals surface area contributed by atoms with Crippen LogP contribution in [-0.2, 0) is 23.5 Å². The fraction of sp³-hybridized carbons (Fsp3) is 0.421. The predicted octanol–water partition coefficient (Wildman–Crippen LogP) is 3.71. The fourth-order valence-electron chi connectivity index (χ4n) is 3.89. The summed E-state index contributed by atoms with van der Waals surface area (Å²) < 4.78 is 29.0. The number of halogens is 2. The summed E-state index contributed by atoms with van der Waals surface area (Å²) in [4.78, 5) is 14.9. The molecule has 1 amide bonds.